The van der Waals surface area contributed by atoms with Crippen molar-refractivity contribution in [3.63, 3.8) is 0 Å². The third-order valence-corrected chi connectivity index (χ3v) is 4.36. The summed E-state index contributed by atoms with van der Waals surface area (Å²) in [6.45, 7) is 0. The number of H-pyrrole nitrogens is 2. The van der Waals surface area contributed by atoms with Gasteiger partial charge in [-0.2, -0.15) is 0 Å². The molecule has 3 rings (SSSR count). The summed E-state index contributed by atoms with van der Waals surface area (Å²) < 4.78 is 6.29. The Kier molecular flexibility index (Phi) is 4.26. The minimum Gasteiger partial charge on any atom is -0.497 e. The van der Waals surface area contributed by atoms with Gasteiger partial charge in [0.1, 0.15) is 5.75 Å². The third kappa shape index (κ3) is 2.98. The van der Waals surface area contributed by atoms with Crippen molar-refractivity contribution in [3.8, 4) is 5.75 Å². The van der Waals surface area contributed by atoms with Crippen molar-refractivity contribution in [2.24, 2.45) is 7.05 Å². The standard InChI is InChI=1S/C15H14N4O4S/c1-19-12-11(13(21)18-15(19)22)16-14(17-12)24-7-10(20)8-3-5-9(23-2)6-4-8/h3-6H,7H2,1-2H3,(H,16,17)(H,18,21,22). The zero-order chi connectivity index (χ0) is 17.3. The molecule has 2 heterocycles. The molecular formula is C15H14N4O4S. The monoisotopic (exact) mass is 346 g/mol. The van der Waals surface area contributed by atoms with E-state index in [2.05, 4.69) is 15.0 Å². The lowest BCUT2D eigenvalue weighted by molar-refractivity contribution is 0.102. The number of Topliss-reactive ketones (excluding diaryl/α,β-unsaturated/α-hetero) is 1. The van der Waals surface area contributed by atoms with Crippen LogP contribution in [0.2, 0.25) is 0 Å². The van der Waals surface area contributed by atoms with E-state index in [9.17, 15) is 14.4 Å². The molecule has 0 amide bonds. The molecule has 0 aliphatic carbocycles. The SMILES string of the molecule is COc1ccc(C(=O)CSc2nc3c([nH]2)c(=O)[nH]c(=O)n3C)cc1. The van der Waals surface area contributed by atoms with Crippen LogP contribution in [-0.2, 0) is 7.05 Å². The van der Waals surface area contributed by atoms with Gasteiger partial charge in [-0.3, -0.25) is 19.1 Å². The molecule has 0 bridgehead atoms. The summed E-state index contributed by atoms with van der Waals surface area (Å²) in [7, 11) is 3.07. The van der Waals surface area contributed by atoms with Crippen LogP contribution >= 0.6 is 11.8 Å². The molecule has 0 saturated heterocycles. The number of nitrogens with one attached hydrogen (secondary N) is 2. The van der Waals surface area contributed by atoms with Gasteiger partial charge in [-0.25, -0.2) is 9.78 Å². The molecule has 0 atom stereocenters. The van der Waals surface area contributed by atoms with E-state index in [0.717, 1.165) is 0 Å². The molecule has 2 aromatic heterocycles. The molecule has 0 spiro atoms. The second-order valence-electron chi connectivity index (χ2n) is 5.00. The van der Waals surface area contributed by atoms with Gasteiger partial charge in [0, 0.05) is 12.6 Å². The summed E-state index contributed by atoms with van der Waals surface area (Å²) in [6.07, 6.45) is 0. The Morgan fingerprint density at radius 1 is 1.25 bits per heavy atom. The fourth-order valence-electron chi connectivity index (χ4n) is 2.15. The van der Waals surface area contributed by atoms with E-state index in [1.165, 1.54) is 23.4 Å². The molecule has 2 N–H and O–H groups in total. The molecule has 0 saturated carbocycles. The topological polar surface area (TPSA) is 110 Å². The van der Waals surface area contributed by atoms with Crippen molar-refractivity contribution < 1.29 is 9.53 Å². The van der Waals surface area contributed by atoms with Crippen molar-refractivity contribution in [2.45, 2.75) is 5.16 Å². The Balaban J connectivity index is 1.79. The van der Waals surface area contributed by atoms with E-state index >= 15 is 0 Å². The summed E-state index contributed by atoms with van der Waals surface area (Å²) in [4.78, 5) is 44.7. The van der Waals surface area contributed by atoms with Crippen molar-refractivity contribution >= 4 is 28.7 Å². The second kappa shape index (κ2) is 6.36. The Hall–Kier alpha value is -2.81. The van der Waals surface area contributed by atoms with Gasteiger partial charge in [-0.05, 0) is 24.3 Å². The molecular weight excluding hydrogens is 332 g/mol. The van der Waals surface area contributed by atoms with Crippen LogP contribution in [0.5, 0.6) is 5.75 Å². The number of rotatable bonds is 5. The first-order valence-corrected chi connectivity index (χ1v) is 7.97. The number of imidazole rings is 1. The van der Waals surface area contributed by atoms with Crippen molar-refractivity contribution in [3.05, 3.63) is 50.7 Å². The first-order valence-electron chi connectivity index (χ1n) is 6.98. The highest BCUT2D eigenvalue weighted by Gasteiger charge is 2.13. The number of fused-ring (bicyclic) bond motifs is 1. The first-order chi connectivity index (χ1) is 11.5. The van der Waals surface area contributed by atoms with Crippen LogP contribution in [0.15, 0.2) is 39.0 Å². The summed E-state index contributed by atoms with van der Waals surface area (Å²) in [5, 5.41) is 0.401. The molecule has 0 aliphatic rings. The minimum atomic E-state index is -0.537. The van der Waals surface area contributed by atoms with Gasteiger partial charge in [0.15, 0.2) is 22.1 Å². The quantitative estimate of drug-likeness (QED) is 0.525. The van der Waals surface area contributed by atoms with E-state index < -0.39 is 11.2 Å². The fourth-order valence-corrected chi connectivity index (χ4v) is 2.91. The Morgan fingerprint density at radius 3 is 2.62 bits per heavy atom. The number of ether oxygens (including phenoxy) is 1. The lowest BCUT2D eigenvalue weighted by atomic mass is 10.1. The highest BCUT2D eigenvalue weighted by atomic mass is 32.2. The zero-order valence-corrected chi connectivity index (χ0v) is 13.8. The molecule has 0 unspecified atom stereocenters. The van der Waals surface area contributed by atoms with Crippen LogP contribution < -0.4 is 16.0 Å². The Labute approximate surface area is 139 Å². The van der Waals surface area contributed by atoms with Crippen LogP contribution in [0.25, 0.3) is 11.2 Å². The summed E-state index contributed by atoms with van der Waals surface area (Å²) in [6, 6.07) is 6.81. The number of aryl methyl sites for hydroxylation is 1. The highest BCUT2D eigenvalue weighted by Crippen LogP contribution is 2.19. The van der Waals surface area contributed by atoms with E-state index in [0.29, 0.717) is 16.5 Å². The normalized spacial score (nSPS) is 10.9. The van der Waals surface area contributed by atoms with E-state index in [4.69, 9.17) is 4.74 Å². The summed E-state index contributed by atoms with van der Waals surface area (Å²) in [5.41, 5.74) is -0.0527. The number of carbonyl (C=O) groups is 1. The molecule has 3 aromatic rings. The molecule has 24 heavy (non-hydrogen) atoms. The van der Waals surface area contributed by atoms with E-state index in [1.54, 1.807) is 31.4 Å². The second-order valence-corrected chi connectivity index (χ2v) is 5.96. The van der Waals surface area contributed by atoms with E-state index in [1.807, 2.05) is 0 Å². The van der Waals surface area contributed by atoms with Gasteiger partial charge in [0.25, 0.3) is 5.56 Å². The van der Waals surface area contributed by atoms with E-state index in [-0.39, 0.29) is 22.7 Å². The number of hydrogen-bond acceptors (Lipinski definition) is 6. The maximum atomic E-state index is 12.2. The molecule has 124 valence electrons. The molecule has 9 heteroatoms. The predicted octanol–water partition coefficient (Wildman–Crippen LogP) is 0.933. The molecule has 0 aliphatic heterocycles. The van der Waals surface area contributed by atoms with Crippen LogP contribution in [0, 0.1) is 0 Å². The number of aromatic nitrogens is 4. The minimum absolute atomic E-state index is 0.0779. The van der Waals surface area contributed by atoms with Crippen LogP contribution in [0.1, 0.15) is 10.4 Å². The number of nitrogens with zero attached hydrogens (tertiary/aromatic N) is 2. The summed E-state index contributed by atoms with van der Waals surface area (Å²) >= 11 is 1.17. The maximum Gasteiger partial charge on any atom is 0.329 e. The van der Waals surface area contributed by atoms with Gasteiger partial charge in [0.2, 0.25) is 0 Å². The smallest absolute Gasteiger partial charge is 0.329 e. The van der Waals surface area contributed by atoms with Crippen LogP contribution in [0.3, 0.4) is 0 Å². The highest BCUT2D eigenvalue weighted by molar-refractivity contribution is 7.99. The molecule has 0 radical (unpaired) electrons. The fraction of sp³-hybridized carbons (Fsp3) is 0.200. The van der Waals surface area contributed by atoms with Gasteiger partial charge < -0.3 is 9.72 Å². The number of methoxy groups -OCH3 is 1. The Morgan fingerprint density at radius 2 is 1.96 bits per heavy atom. The van der Waals surface area contributed by atoms with Gasteiger partial charge in [-0.1, -0.05) is 11.8 Å². The zero-order valence-electron chi connectivity index (χ0n) is 13.0. The number of benzene rings is 1. The molecule has 1 aromatic carbocycles. The average molecular weight is 346 g/mol. The number of hydrogen-bond donors (Lipinski definition) is 2. The van der Waals surface area contributed by atoms with Gasteiger partial charge >= 0.3 is 5.69 Å². The Bertz CT molecular complexity index is 1020. The first kappa shape index (κ1) is 16.1. The number of carbonyl (C=O) groups excluding carboxylic acids is 1. The lowest BCUT2D eigenvalue weighted by Gasteiger charge is -2.02. The summed E-state index contributed by atoms with van der Waals surface area (Å²) in [5.74, 6) is 0.750. The van der Waals surface area contributed by atoms with Crippen molar-refractivity contribution in [2.75, 3.05) is 12.9 Å². The number of ketones is 1. The molecule has 0 fully saturated rings. The van der Waals surface area contributed by atoms with Crippen molar-refractivity contribution in [1.82, 2.24) is 19.5 Å². The average Bonchev–Trinajstić information content (AvgIpc) is 3.03. The van der Waals surface area contributed by atoms with Crippen LogP contribution in [0.4, 0.5) is 0 Å². The number of thioether (sulfide) groups is 1. The van der Waals surface area contributed by atoms with Crippen LogP contribution in [-0.4, -0.2) is 38.2 Å². The largest absolute Gasteiger partial charge is 0.497 e. The lowest BCUT2D eigenvalue weighted by Crippen LogP contribution is -2.28. The molecule has 8 nitrogen and oxygen atoms in total. The number of aromatic amines is 2. The maximum absolute atomic E-state index is 12.2. The van der Waals surface area contributed by atoms with Crippen molar-refractivity contribution in [1.29, 1.82) is 0 Å². The van der Waals surface area contributed by atoms with Gasteiger partial charge in [0.05, 0.1) is 12.9 Å². The van der Waals surface area contributed by atoms with Gasteiger partial charge in [-0.15, -0.1) is 0 Å². The predicted molar refractivity (Wildman–Crippen MR) is 90.0 cm³/mol. The third-order valence-electron chi connectivity index (χ3n) is 3.48.